The molecule has 29 heavy (non-hydrogen) atoms. The Morgan fingerprint density at radius 2 is 2.17 bits per heavy atom. The third-order valence-corrected chi connectivity index (χ3v) is 5.76. The molecule has 0 amide bonds. The standard InChI is InChI=1S/C22H32N6O/c1-16-25-21-19(11-6-14-28(21)27-16)26-22(23-2)24-13-7-15-29-20-12-5-9-17-8-3-4-10-18(17)20/h3-4,8,10,19-20H,5-7,9,11-15H2,1-2H3,(H2,23,24,26). The number of benzene rings is 1. The number of ether oxygens (including phenoxy) is 1. The Morgan fingerprint density at radius 1 is 1.28 bits per heavy atom. The number of aromatic nitrogens is 3. The minimum absolute atomic E-state index is 0.158. The number of hydrogen-bond acceptors (Lipinski definition) is 4. The Morgan fingerprint density at radius 3 is 3.07 bits per heavy atom. The molecular formula is C22H32N6O. The van der Waals surface area contributed by atoms with E-state index in [-0.39, 0.29) is 12.1 Å². The van der Waals surface area contributed by atoms with E-state index in [4.69, 9.17) is 4.74 Å². The molecule has 0 spiro atoms. The van der Waals surface area contributed by atoms with Crippen LogP contribution in [-0.4, -0.2) is 40.9 Å². The molecule has 0 fully saturated rings. The van der Waals surface area contributed by atoms with Crippen LogP contribution in [0.5, 0.6) is 0 Å². The van der Waals surface area contributed by atoms with Gasteiger partial charge in [0.2, 0.25) is 0 Å². The smallest absolute Gasteiger partial charge is 0.191 e. The maximum absolute atomic E-state index is 6.20. The predicted molar refractivity (Wildman–Crippen MR) is 114 cm³/mol. The van der Waals surface area contributed by atoms with E-state index in [0.717, 1.165) is 63.0 Å². The molecule has 0 saturated carbocycles. The molecular weight excluding hydrogens is 364 g/mol. The van der Waals surface area contributed by atoms with Crippen molar-refractivity contribution >= 4 is 5.96 Å². The van der Waals surface area contributed by atoms with Crippen molar-refractivity contribution in [1.82, 2.24) is 25.4 Å². The second kappa shape index (κ2) is 9.39. The summed E-state index contributed by atoms with van der Waals surface area (Å²) in [6.07, 6.45) is 6.84. The van der Waals surface area contributed by atoms with Gasteiger partial charge in [-0.3, -0.25) is 4.99 Å². The topological polar surface area (TPSA) is 76.4 Å². The minimum atomic E-state index is 0.158. The average molecular weight is 397 g/mol. The first-order valence-corrected chi connectivity index (χ1v) is 10.8. The zero-order chi connectivity index (χ0) is 20.1. The number of guanidine groups is 1. The molecule has 2 atom stereocenters. The van der Waals surface area contributed by atoms with Gasteiger partial charge in [0.25, 0.3) is 0 Å². The number of aryl methyl sites for hydroxylation is 3. The largest absolute Gasteiger partial charge is 0.373 e. The highest BCUT2D eigenvalue weighted by atomic mass is 16.5. The Bertz CT molecular complexity index is 846. The number of hydrogen-bond donors (Lipinski definition) is 2. The fourth-order valence-electron chi connectivity index (χ4n) is 4.35. The second-order valence-corrected chi connectivity index (χ2v) is 7.88. The van der Waals surface area contributed by atoms with Crippen LogP contribution in [-0.2, 0) is 17.7 Å². The van der Waals surface area contributed by atoms with E-state index >= 15 is 0 Å². The van der Waals surface area contributed by atoms with Gasteiger partial charge in [-0.2, -0.15) is 5.10 Å². The van der Waals surface area contributed by atoms with E-state index in [1.807, 2.05) is 18.7 Å². The summed E-state index contributed by atoms with van der Waals surface area (Å²) >= 11 is 0. The van der Waals surface area contributed by atoms with Gasteiger partial charge in [0.05, 0.1) is 12.1 Å². The summed E-state index contributed by atoms with van der Waals surface area (Å²) in [4.78, 5) is 8.96. The Hall–Kier alpha value is -2.41. The first-order valence-electron chi connectivity index (χ1n) is 10.8. The molecule has 7 heteroatoms. The monoisotopic (exact) mass is 396 g/mol. The van der Waals surface area contributed by atoms with Crippen molar-refractivity contribution in [3.8, 4) is 0 Å². The Balaban J connectivity index is 1.22. The molecule has 0 radical (unpaired) electrons. The highest BCUT2D eigenvalue weighted by Crippen LogP contribution is 2.32. The quantitative estimate of drug-likeness (QED) is 0.446. The third kappa shape index (κ3) is 4.78. The highest BCUT2D eigenvalue weighted by molar-refractivity contribution is 5.80. The van der Waals surface area contributed by atoms with Crippen LogP contribution >= 0.6 is 0 Å². The average Bonchev–Trinajstić information content (AvgIpc) is 3.14. The Kier molecular flexibility index (Phi) is 6.44. The molecule has 2 aromatic rings. The zero-order valence-corrected chi connectivity index (χ0v) is 17.5. The molecule has 7 nitrogen and oxygen atoms in total. The highest BCUT2D eigenvalue weighted by Gasteiger charge is 2.24. The summed E-state index contributed by atoms with van der Waals surface area (Å²) in [5, 5.41) is 11.4. The second-order valence-electron chi connectivity index (χ2n) is 7.88. The fourth-order valence-corrected chi connectivity index (χ4v) is 4.35. The lowest BCUT2D eigenvalue weighted by molar-refractivity contribution is 0.0398. The molecule has 1 aromatic heterocycles. The third-order valence-electron chi connectivity index (χ3n) is 5.76. The maximum Gasteiger partial charge on any atom is 0.191 e. The van der Waals surface area contributed by atoms with Gasteiger partial charge >= 0.3 is 0 Å². The van der Waals surface area contributed by atoms with Crippen LogP contribution in [0.15, 0.2) is 29.3 Å². The van der Waals surface area contributed by atoms with E-state index in [1.165, 1.54) is 24.0 Å². The molecule has 4 rings (SSSR count). The molecule has 1 aromatic carbocycles. The van der Waals surface area contributed by atoms with Gasteiger partial charge in [-0.05, 0) is 56.6 Å². The SMILES string of the molecule is CN=C(NCCCOC1CCCc2ccccc21)NC1CCCn2nc(C)nc21. The summed E-state index contributed by atoms with van der Waals surface area (Å²) < 4.78 is 8.22. The van der Waals surface area contributed by atoms with Gasteiger partial charge in [-0.1, -0.05) is 24.3 Å². The summed E-state index contributed by atoms with van der Waals surface area (Å²) in [5.74, 6) is 2.65. The van der Waals surface area contributed by atoms with Crippen molar-refractivity contribution in [1.29, 1.82) is 0 Å². The summed E-state index contributed by atoms with van der Waals surface area (Å²) in [7, 11) is 1.81. The van der Waals surface area contributed by atoms with Crippen LogP contribution in [0, 0.1) is 6.92 Å². The van der Waals surface area contributed by atoms with Crippen LogP contribution in [0.25, 0.3) is 0 Å². The van der Waals surface area contributed by atoms with Crippen LogP contribution in [0.4, 0.5) is 0 Å². The van der Waals surface area contributed by atoms with Gasteiger partial charge in [0.15, 0.2) is 5.96 Å². The lowest BCUT2D eigenvalue weighted by atomic mass is 9.89. The molecule has 2 unspecified atom stereocenters. The van der Waals surface area contributed by atoms with Crippen molar-refractivity contribution in [2.24, 2.45) is 4.99 Å². The lowest BCUT2D eigenvalue weighted by Crippen LogP contribution is -2.42. The molecule has 1 aliphatic carbocycles. The molecule has 2 aliphatic rings. The van der Waals surface area contributed by atoms with Gasteiger partial charge in [-0.25, -0.2) is 9.67 Å². The lowest BCUT2D eigenvalue weighted by Gasteiger charge is -2.26. The van der Waals surface area contributed by atoms with Gasteiger partial charge in [0.1, 0.15) is 11.6 Å². The van der Waals surface area contributed by atoms with Crippen LogP contribution < -0.4 is 10.6 Å². The van der Waals surface area contributed by atoms with Gasteiger partial charge < -0.3 is 15.4 Å². The molecule has 0 saturated heterocycles. The summed E-state index contributed by atoms with van der Waals surface area (Å²) in [5.41, 5.74) is 2.82. The van der Waals surface area contributed by atoms with Gasteiger partial charge in [0, 0.05) is 26.7 Å². The van der Waals surface area contributed by atoms with Crippen LogP contribution in [0.1, 0.15) is 67.0 Å². The normalized spacial score (nSPS) is 21.4. The number of fused-ring (bicyclic) bond motifs is 2. The molecule has 156 valence electrons. The number of aliphatic imine (C=N–C) groups is 1. The Labute approximate surface area is 173 Å². The number of rotatable bonds is 6. The van der Waals surface area contributed by atoms with E-state index in [0.29, 0.717) is 0 Å². The number of nitrogens with one attached hydrogen (secondary N) is 2. The first-order chi connectivity index (χ1) is 14.2. The van der Waals surface area contributed by atoms with Crippen LogP contribution in [0.2, 0.25) is 0 Å². The first kappa shape index (κ1) is 19.9. The summed E-state index contributed by atoms with van der Waals surface area (Å²) in [6.45, 7) is 4.47. The van der Waals surface area contributed by atoms with Crippen molar-refractivity contribution in [3.05, 3.63) is 47.0 Å². The van der Waals surface area contributed by atoms with E-state index in [9.17, 15) is 0 Å². The number of nitrogens with zero attached hydrogens (tertiary/aromatic N) is 4. The van der Waals surface area contributed by atoms with E-state index < -0.39 is 0 Å². The minimum Gasteiger partial charge on any atom is -0.373 e. The van der Waals surface area contributed by atoms with Crippen molar-refractivity contribution in [2.45, 2.75) is 64.1 Å². The molecule has 2 N–H and O–H groups in total. The maximum atomic E-state index is 6.20. The summed E-state index contributed by atoms with van der Waals surface area (Å²) in [6, 6.07) is 8.85. The zero-order valence-electron chi connectivity index (χ0n) is 17.5. The van der Waals surface area contributed by atoms with Crippen molar-refractivity contribution in [3.63, 3.8) is 0 Å². The molecule has 2 heterocycles. The van der Waals surface area contributed by atoms with E-state index in [2.05, 4.69) is 50.0 Å². The van der Waals surface area contributed by atoms with Gasteiger partial charge in [-0.15, -0.1) is 0 Å². The fraction of sp³-hybridized carbons (Fsp3) is 0.591. The van der Waals surface area contributed by atoms with E-state index in [1.54, 1.807) is 0 Å². The predicted octanol–water partition coefficient (Wildman–Crippen LogP) is 3.07. The molecule has 1 aliphatic heterocycles. The van der Waals surface area contributed by atoms with Crippen LogP contribution in [0.3, 0.4) is 0 Å². The molecule has 0 bridgehead atoms. The van der Waals surface area contributed by atoms with Crippen molar-refractivity contribution in [2.75, 3.05) is 20.2 Å². The van der Waals surface area contributed by atoms with Crippen molar-refractivity contribution < 1.29 is 4.74 Å².